The molecule has 0 bridgehead atoms. The smallest absolute Gasteiger partial charge is 0.202 e. The number of aliphatic hydroxyl groups is 4. The molecule has 6 aliphatic heterocycles. The highest BCUT2D eigenvalue weighted by Gasteiger charge is 2.55. The number of phenolic OH excluding ortho intramolecular Hbond substituents is 3. The van der Waals surface area contributed by atoms with Gasteiger partial charge in [0.2, 0.25) is 5.78 Å². The molecule has 7 N–H and O–H groups in total. The lowest BCUT2D eigenvalue weighted by atomic mass is 9.70. The first-order valence-corrected chi connectivity index (χ1v) is 29.8. The molecule has 6 fully saturated rings. The van der Waals surface area contributed by atoms with Gasteiger partial charge in [-0.25, -0.2) is 0 Å². The molecule has 2 aromatic carbocycles. The molecule has 0 unspecified atom stereocenters. The second-order valence-corrected chi connectivity index (χ2v) is 24.7. The molecule has 6 saturated heterocycles. The molecule has 83 heavy (non-hydrogen) atoms. The third-order valence-corrected chi connectivity index (χ3v) is 18.6. The summed E-state index contributed by atoms with van der Waals surface area (Å²) in [6.45, 7) is 12.8. The van der Waals surface area contributed by atoms with Crippen molar-refractivity contribution in [1.82, 2.24) is 9.80 Å². The summed E-state index contributed by atoms with van der Waals surface area (Å²) in [6.07, 6.45) is -10.2. The highest BCUT2D eigenvalue weighted by molar-refractivity contribution is 6.31. The zero-order chi connectivity index (χ0) is 59.7. The van der Waals surface area contributed by atoms with Crippen LogP contribution in [-0.2, 0) is 56.8 Å². The predicted molar refractivity (Wildman–Crippen MR) is 292 cm³/mol. The van der Waals surface area contributed by atoms with Crippen molar-refractivity contribution in [2.24, 2.45) is 0 Å². The zero-order valence-corrected chi connectivity index (χ0v) is 49.5. The molecule has 10 rings (SSSR count). The Kier molecular flexibility index (Phi) is 19.0. The number of aromatic hydroxyl groups is 3. The largest absolute Gasteiger partial charge is 0.507 e. The molecule has 24 atom stereocenters. The number of aliphatic hydroxyl groups excluding tert-OH is 3. The molecule has 0 amide bonds. The maximum Gasteiger partial charge on any atom is 0.202 e. The Labute approximate surface area is 485 Å². The third-order valence-electron chi connectivity index (χ3n) is 18.6. The normalized spacial score (nSPS) is 42.3. The van der Waals surface area contributed by atoms with Crippen LogP contribution in [0.25, 0.3) is 0 Å². The van der Waals surface area contributed by atoms with E-state index < -0.39 is 138 Å². The van der Waals surface area contributed by atoms with Gasteiger partial charge in [0, 0.05) is 73.7 Å². The molecular formula is C60H88N2O21. The van der Waals surface area contributed by atoms with Crippen molar-refractivity contribution in [1.29, 1.82) is 0 Å². The number of nitrogens with zero attached hydrogens (tertiary/aromatic N) is 2. The summed E-state index contributed by atoms with van der Waals surface area (Å²) in [7, 11) is 7.55. The number of benzene rings is 2. The van der Waals surface area contributed by atoms with E-state index in [1.165, 1.54) is 18.2 Å². The molecular weight excluding hydrogens is 1080 g/mol. The topological polar surface area (TPSA) is 293 Å². The van der Waals surface area contributed by atoms with Gasteiger partial charge >= 0.3 is 0 Å². The Morgan fingerprint density at radius 2 is 1.01 bits per heavy atom. The molecule has 23 nitrogen and oxygen atoms in total. The molecule has 2 aromatic rings. The Balaban J connectivity index is 0.860. The van der Waals surface area contributed by atoms with Crippen molar-refractivity contribution in [3.05, 3.63) is 51.6 Å². The van der Waals surface area contributed by atoms with Gasteiger partial charge in [0.1, 0.15) is 41.7 Å². The van der Waals surface area contributed by atoms with Gasteiger partial charge in [0.15, 0.2) is 43.5 Å². The fraction of sp³-hybridized carbons (Fsp3) is 0.767. The van der Waals surface area contributed by atoms with E-state index in [1.807, 2.05) is 65.7 Å². The number of hydrogen-bond donors (Lipinski definition) is 7. The SMILES string of the molecule is CC[C@]1(O)C[C@H](O[C@H]2C[C@@H](N(C)C)[C@H](O[C@H]3C[C@@H](O)[C@@H](O)[C@@H](C)O3)[C@@H](C)O2)c2c(O)c3c(c(O)c2[C@H]1O[C@H]1C[C@@H](N(C)C)[C@@H](O[C@@H]2CC[C@H](O[C@@H]4CC[C@H](O[C@@H]5CC[C@@H](O)[C@@H](C)O5)[C@@H](C)O4)[C@@H](C)O2)[C@@H](C)O1)C(=O)c1cccc(O)c1C3=O. The van der Waals surface area contributed by atoms with Crippen molar-refractivity contribution in [3.8, 4) is 17.2 Å². The van der Waals surface area contributed by atoms with E-state index >= 15 is 0 Å². The summed E-state index contributed by atoms with van der Waals surface area (Å²) in [5.41, 5.74) is -3.72. The summed E-state index contributed by atoms with van der Waals surface area (Å²) in [4.78, 5) is 32.9. The molecule has 23 heteroatoms. The summed E-state index contributed by atoms with van der Waals surface area (Å²) >= 11 is 0. The van der Waals surface area contributed by atoms with Crippen LogP contribution >= 0.6 is 0 Å². The van der Waals surface area contributed by atoms with Crippen LogP contribution in [0.2, 0.25) is 0 Å². The van der Waals surface area contributed by atoms with Gasteiger partial charge < -0.3 is 102 Å². The number of rotatable bonds is 15. The second-order valence-electron chi connectivity index (χ2n) is 24.7. The Morgan fingerprint density at radius 1 is 0.530 bits per heavy atom. The van der Waals surface area contributed by atoms with Crippen molar-refractivity contribution in [2.45, 2.75) is 266 Å². The van der Waals surface area contributed by atoms with Crippen LogP contribution in [0.15, 0.2) is 18.2 Å². The van der Waals surface area contributed by atoms with Crippen LogP contribution < -0.4 is 0 Å². The monoisotopic (exact) mass is 1170 g/mol. The summed E-state index contributed by atoms with van der Waals surface area (Å²) in [5.74, 6) is -3.62. The average Bonchev–Trinajstić information content (AvgIpc) is 1.04. The number of carbonyl (C=O) groups is 2. The van der Waals surface area contributed by atoms with Gasteiger partial charge in [-0.15, -0.1) is 0 Å². The number of fused-ring (bicyclic) bond motifs is 3. The first-order valence-electron chi connectivity index (χ1n) is 29.8. The summed E-state index contributed by atoms with van der Waals surface area (Å²) < 4.78 is 77.5. The van der Waals surface area contributed by atoms with E-state index in [4.69, 9.17) is 56.8 Å². The van der Waals surface area contributed by atoms with Crippen LogP contribution in [0.5, 0.6) is 17.2 Å². The van der Waals surface area contributed by atoms with E-state index in [9.17, 15) is 45.3 Å². The highest BCUT2D eigenvalue weighted by Crippen LogP contribution is 2.58. The molecule has 0 saturated carbocycles. The lowest BCUT2D eigenvalue weighted by Crippen LogP contribution is -2.58. The fourth-order valence-corrected chi connectivity index (χ4v) is 13.7. The van der Waals surface area contributed by atoms with Crippen LogP contribution in [0.3, 0.4) is 0 Å². The fourth-order valence-electron chi connectivity index (χ4n) is 13.7. The molecule has 0 aromatic heterocycles. The van der Waals surface area contributed by atoms with Crippen molar-refractivity contribution in [2.75, 3.05) is 28.2 Å². The number of phenols is 3. The van der Waals surface area contributed by atoms with Crippen LogP contribution in [0.4, 0.5) is 0 Å². The number of ketones is 2. The Bertz CT molecular complexity index is 2610. The van der Waals surface area contributed by atoms with Gasteiger partial charge in [-0.3, -0.25) is 9.59 Å². The highest BCUT2D eigenvalue weighted by atomic mass is 16.8. The first kappa shape index (κ1) is 62.5. The maximum atomic E-state index is 14.5. The molecule has 464 valence electrons. The van der Waals surface area contributed by atoms with E-state index in [2.05, 4.69) is 0 Å². The quantitative estimate of drug-likeness (QED) is 0.101. The lowest BCUT2D eigenvalue weighted by Gasteiger charge is -2.50. The molecule has 2 aliphatic carbocycles. The minimum Gasteiger partial charge on any atom is -0.507 e. The minimum atomic E-state index is -1.87. The van der Waals surface area contributed by atoms with Crippen molar-refractivity contribution in [3.63, 3.8) is 0 Å². The van der Waals surface area contributed by atoms with E-state index in [1.54, 1.807) is 20.8 Å². The van der Waals surface area contributed by atoms with Gasteiger partial charge in [-0.05, 0) is 101 Å². The van der Waals surface area contributed by atoms with E-state index in [0.29, 0.717) is 32.1 Å². The van der Waals surface area contributed by atoms with Crippen LogP contribution in [-0.4, -0.2) is 220 Å². The van der Waals surface area contributed by atoms with Crippen molar-refractivity contribution < 1.29 is 102 Å². The average molecular weight is 1170 g/mol. The number of ether oxygens (including phenoxy) is 12. The number of carbonyl (C=O) groups excluding carboxylic acids is 2. The van der Waals surface area contributed by atoms with Crippen LogP contribution in [0, 0.1) is 0 Å². The molecule has 0 spiro atoms. The zero-order valence-electron chi connectivity index (χ0n) is 49.5. The standard InChI is InChI=1S/C60H88N2O21/c1-12-60(71)25-40(80-44-22-33(61(8)9)58(31(7)76-44)82-46-24-37(65)52(66)29(5)75-46)48-51(56(70)49-50(55(48)69)54(68)47-32(53(49)67)14-13-15-36(47)64)59(60)83-45-23-34(62(10)11)57(30(6)77-45)81-43-21-18-39(28(4)74-43)79-42-20-17-38(27(3)73-42)78-41-19-16-35(63)26(2)72-41/h13-15,26-31,33-35,37-46,52,57-59,63-66,69-71H,12,16-25H2,1-11H3/t26-,27-,28-,29-,30-,31-,33-,34-,35-,37-,38+,39+,40+,41-,42-,43-,44+,45+,46+,52+,57+,58-,59-,60+/m1/s1. The van der Waals surface area contributed by atoms with E-state index in [-0.39, 0.29) is 103 Å². The lowest BCUT2D eigenvalue weighted by molar-refractivity contribution is -0.326. The first-order chi connectivity index (χ1) is 39.4. The molecule has 8 aliphatic rings. The predicted octanol–water partition coefficient (Wildman–Crippen LogP) is 4.70. The second kappa shape index (κ2) is 25.3. The van der Waals surface area contributed by atoms with Gasteiger partial charge in [0.05, 0.1) is 89.4 Å². The summed E-state index contributed by atoms with van der Waals surface area (Å²) in [5, 5.41) is 80.2. The van der Waals surface area contributed by atoms with Gasteiger partial charge in [-0.2, -0.15) is 0 Å². The van der Waals surface area contributed by atoms with Gasteiger partial charge in [-0.1, -0.05) is 19.1 Å². The Morgan fingerprint density at radius 3 is 1.55 bits per heavy atom. The minimum absolute atomic E-state index is 0.0197. The van der Waals surface area contributed by atoms with E-state index in [0.717, 1.165) is 6.42 Å². The number of likely N-dealkylation sites (N-methyl/N-ethyl adjacent to an activating group) is 2. The van der Waals surface area contributed by atoms with Crippen LogP contribution in [0.1, 0.15) is 174 Å². The van der Waals surface area contributed by atoms with Crippen molar-refractivity contribution >= 4 is 11.6 Å². The third kappa shape index (κ3) is 12.5. The van der Waals surface area contributed by atoms with Gasteiger partial charge in [0.25, 0.3) is 0 Å². The maximum absolute atomic E-state index is 14.5. The summed E-state index contributed by atoms with van der Waals surface area (Å²) in [6, 6.07) is 3.29. The Hall–Kier alpha value is -3.54. The molecule has 0 radical (unpaired) electrons. The molecule has 6 heterocycles. The number of hydrogen-bond acceptors (Lipinski definition) is 23.